The van der Waals surface area contributed by atoms with E-state index in [2.05, 4.69) is 26.8 Å². The van der Waals surface area contributed by atoms with E-state index in [1.54, 1.807) is 28.3 Å². The van der Waals surface area contributed by atoms with Gasteiger partial charge in [-0.1, -0.05) is 24.3 Å². The zero-order valence-electron chi connectivity index (χ0n) is 13.7. The first-order chi connectivity index (χ1) is 11.6. The van der Waals surface area contributed by atoms with Crippen molar-refractivity contribution in [3.63, 3.8) is 0 Å². The average molecular weight is 340 g/mol. The highest BCUT2D eigenvalue weighted by Crippen LogP contribution is 2.22. The second-order valence-corrected chi connectivity index (χ2v) is 6.67. The number of hydrogen-bond acceptors (Lipinski definition) is 4. The van der Waals surface area contributed by atoms with Gasteiger partial charge in [0.2, 0.25) is 0 Å². The fourth-order valence-corrected chi connectivity index (χ4v) is 3.39. The van der Waals surface area contributed by atoms with Crippen LogP contribution < -0.4 is 5.32 Å². The van der Waals surface area contributed by atoms with Crippen molar-refractivity contribution in [2.45, 2.75) is 6.04 Å². The summed E-state index contributed by atoms with van der Waals surface area (Å²) >= 11 is 1.70. The van der Waals surface area contributed by atoms with Crippen LogP contribution >= 0.6 is 11.3 Å². The highest BCUT2D eigenvalue weighted by atomic mass is 32.1. The molecule has 1 amide bonds. The van der Waals surface area contributed by atoms with E-state index in [0.717, 1.165) is 5.69 Å². The van der Waals surface area contributed by atoms with Gasteiger partial charge in [0.25, 0.3) is 5.91 Å². The minimum absolute atomic E-state index is 0.158. The first kappa shape index (κ1) is 16.4. The van der Waals surface area contributed by atoms with Gasteiger partial charge in [-0.2, -0.15) is 5.10 Å². The zero-order valence-corrected chi connectivity index (χ0v) is 14.5. The molecule has 24 heavy (non-hydrogen) atoms. The van der Waals surface area contributed by atoms with Crippen LogP contribution in [0.25, 0.3) is 5.69 Å². The van der Waals surface area contributed by atoms with Gasteiger partial charge in [0.15, 0.2) is 5.69 Å². The molecule has 0 radical (unpaired) electrons. The molecule has 5 nitrogen and oxygen atoms in total. The summed E-state index contributed by atoms with van der Waals surface area (Å²) in [6.07, 6.45) is 1.80. The molecular formula is C18H20N4OS. The summed E-state index contributed by atoms with van der Waals surface area (Å²) < 4.78 is 1.71. The SMILES string of the molecule is CN(C)C(CNC(=O)c1ccn(-c2ccccc2)n1)c1cccs1. The Kier molecular flexibility index (Phi) is 5.08. The van der Waals surface area contributed by atoms with Crippen LogP contribution in [0.2, 0.25) is 0 Å². The van der Waals surface area contributed by atoms with Crippen LogP contribution in [0.15, 0.2) is 60.1 Å². The van der Waals surface area contributed by atoms with Gasteiger partial charge in [0.05, 0.1) is 11.7 Å². The first-order valence-electron chi connectivity index (χ1n) is 7.74. The Morgan fingerprint density at radius 2 is 2.00 bits per heavy atom. The van der Waals surface area contributed by atoms with Gasteiger partial charge in [-0.25, -0.2) is 4.68 Å². The van der Waals surface area contributed by atoms with Crippen LogP contribution in [-0.4, -0.2) is 41.2 Å². The average Bonchev–Trinajstić information content (AvgIpc) is 3.27. The number of aromatic nitrogens is 2. The van der Waals surface area contributed by atoms with Crippen molar-refractivity contribution in [2.24, 2.45) is 0 Å². The number of thiophene rings is 1. The molecule has 0 saturated carbocycles. The summed E-state index contributed by atoms with van der Waals surface area (Å²) in [7, 11) is 4.03. The van der Waals surface area contributed by atoms with E-state index in [4.69, 9.17) is 0 Å². The highest BCUT2D eigenvalue weighted by molar-refractivity contribution is 7.10. The van der Waals surface area contributed by atoms with E-state index >= 15 is 0 Å². The third-order valence-electron chi connectivity index (χ3n) is 3.79. The Morgan fingerprint density at radius 3 is 2.67 bits per heavy atom. The van der Waals surface area contributed by atoms with E-state index in [1.165, 1.54) is 4.88 Å². The normalized spacial score (nSPS) is 12.3. The molecule has 0 aliphatic rings. The second kappa shape index (κ2) is 7.42. The maximum atomic E-state index is 12.4. The quantitative estimate of drug-likeness (QED) is 0.750. The summed E-state index contributed by atoms with van der Waals surface area (Å²) in [5.74, 6) is -0.159. The third-order valence-corrected chi connectivity index (χ3v) is 4.77. The number of rotatable bonds is 6. The minimum atomic E-state index is -0.159. The molecule has 3 aromatic rings. The lowest BCUT2D eigenvalue weighted by atomic mass is 10.2. The molecule has 0 bridgehead atoms. The lowest BCUT2D eigenvalue weighted by Crippen LogP contribution is -2.34. The van der Waals surface area contributed by atoms with Crippen LogP contribution in [0.1, 0.15) is 21.4 Å². The molecule has 0 aliphatic heterocycles. The summed E-state index contributed by atoms with van der Waals surface area (Å²) in [5.41, 5.74) is 1.35. The number of likely N-dealkylation sites (N-methyl/N-ethyl adjacent to an activating group) is 1. The molecule has 0 fully saturated rings. The minimum Gasteiger partial charge on any atom is -0.349 e. The second-order valence-electron chi connectivity index (χ2n) is 5.69. The van der Waals surface area contributed by atoms with E-state index < -0.39 is 0 Å². The molecule has 0 spiro atoms. The van der Waals surface area contributed by atoms with E-state index in [-0.39, 0.29) is 11.9 Å². The van der Waals surface area contributed by atoms with Crippen LogP contribution in [0.5, 0.6) is 0 Å². The van der Waals surface area contributed by atoms with Gasteiger partial charge < -0.3 is 10.2 Å². The van der Waals surface area contributed by atoms with Crippen molar-refractivity contribution in [3.8, 4) is 5.69 Å². The van der Waals surface area contributed by atoms with Crippen molar-refractivity contribution in [3.05, 3.63) is 70.7 Å². The Hall–Kier alpha value is -2.44. The Bertz CT molecular complexity index is 780. The maximum absolute atomic E-state index is 12.4. The van der Waals surface area contributed by atoms with E-state index in [1.807, 2.05) is 50.5 Å². The number of nitrogens with zero attached hydrogens (tertiary/aromatic N) is 3. The first-order valence-corrected chi connectivity index (χ1v) is 8.62. The molecule has 1 N–H and O–H groups in total. The lowest BCUT2D eigenvalue weighted by molar-refractivity contribution is 0.0937. The number of amides is 1. The molecule has 124 valence electrons. The predicted octanol–water partition coefficient (Wildman–Crippen LogP) is 2.97. The van der Waals surface area contributed by atoms with Crippen molar-refractivity contribution >= 4 is 17.2 Å². The molecule has 1 unspecified atom stereocenters. The highest BCUT2D eigenvalue weighted by Gasteiger charge is 2.17. The summed E-state index contributed by atoms with van der Waals surface area (Å²) in [6.45, 7) is 0.546. The van der Waals surface area contributed by atoms with Crippen molar-refractivity contribution in [1.29, 1.82) is 0 Å². The number of hydrogen-bond donors (Lipinski definition) is 1. The molecule has 0 saturated heterocycles. The Balaban J connectivity index is 1.66. The van der Waals surface area contributed by atoms with Crippen molar-refractivity contribution in [2.75, 3.05) is 20.6 Å². The summed E-state index contributed by atoms with van der Waals surface area (Å²) in [4.78, 5) is 15.7. The Morgan fingerprint density at radius 1 is 1.21 bits per heavy atom. The molecule has 3 rings (SSSR count). The molecule has 2 heterocycles. The standard InChI is InChI=1S/C18H20N4OS/c1-21(2)16(17-9-6-12-24-17)13-19-18(23)15-10-11-22(20-15)14-7-4-3-5-8-14/h3-12,16H,13H2,1-2H3,(H,19,23). The van der Waals surface area contributed by atoms with Gasteiger partial charge in [-0.15, -0.1) is 11.3 Å². The third kappa shape index (κ3) is 3.72. The molecule has 0 aliphatic carbocycles. The predicted molar refractivity (Wildman–Crippen MR) is 96.6 cm³/mol. The topological polar surface area (TPSA) is 50.2 Å². The zero-order chi connectivity index (χ0) is 16.9. The van der Waals surface area contributed by atoms with Crippen LogP contribution in [0, 0.1) is 0 Å². The van der Waals surface area contributed by atoms with E-state index in [0.29, 0.717) is 12.2 Å². The van der Waals surface area contributed by atoms with Crippen LogP contribution in [0.3, 0.4) is 0 Å². The molecule has 1 atom stereocenters. The Labute approximate surface area is 145 Å². The fraction of sp³-hybridized carbons (Fsp3) is 0.222. The molecule has 2 aromatic heterocycles. The number of benzene rings is 1. The van der Waals surface area contributed by atoms with Crippen molar-refractivity contribution < 1.29 is 4.79 Å². The molecule has 6 heteroatoms. The smallest absolute Gasteiger partial charge is 0.271 e. The van der Waals surface area contributed by atoms with Gasteiger partial charge >= 0.3 is 0 Å². The number of para-hydroxylation sites is 1. The van der Waals surface area contributed by atoms with E-state index in [9.17, 15) is 4.79 Å². The maximum Gasteiger partial charge on any atom is 0.271 e. The van der Waals surface area contributed by atoms with Crippen LogP contribution in [0.4, 0.5) is 0 Å². The fourth-order valence-electron chi connectivity index (χ4n) is 2.47. The van der Waals surface area contributed by atoms with Gasteiger partial charge in [0, 0.05) is 17.6 Å². The number of carbonyl (C=O) groups excluding carboxylic acids is 1. The molecule has 1 aromatic carbocycles. The van der Waals surface area contributed by atoms with Crippen LogP contribution in [-0.2, 0) is 0 Å². The monoisotopic (exact) mass is 340 g/mol. The van der Waals surface area contributed by atoms with Gasteiger partial charge in [0.1, 0.15) is 0 Å². The summed E-state index contributed by atoms with van der Waals surface area (Å²) in [5, 5.41) is 9.39. The summed E-state index contributed by atoms with van der Waals surface area (Å²) in [6, 6.07) is 15.8. The molecular weight excluding hydrogens is 320 g/mol. The van der Waals surface area contributed by atoms with Gasteiger partial charge in [-0.3, -0.25) is 4.79 Å². The number of nitrogens with one attached hydrogen (secondary N) is 1. The lowest BCUT2D eigenvalue weighted by Gasteiger charge is -2.23. The van der Waals surface area contributed by atoms with Gasteiger partial charge in [-0.05, 0) is 43.7 Å². The number of carbonyl (C=O) groups is 1. The van der Waals surface area contributed by atoms with Crippen molar-refractivity contribution in [1.82, 2.24) is 20.0 Å². The largest absolute Gasteiger partial charge is 0.349 e.